The van der Waals surface area contributed by atoms with Crippen molar-refractivity contribution in [3.05, 3.63) is 47.3 Å². The predicted octanol–water partition coefficient (Wildman–Crippen LogP) is 3.65. The van der Waals surface area contributed by atoms with Gasteiger partial charge in [0.05, 0.1) is 5.57 Å². The average molecular weight is 523 g/mol. The molecule has 6 N–H and O–H groups in total. The fraction of sp³-hybridized carbons (Fsp3) is 0.407. The summed E-state index contributed by atoms with van der Waals surface area (Å²) in [5.74, 6) is -0.459. The number of amides is 5. The number of carbonyl (C=O) groups is 4. The number of primary amides is 1. The monoisotopic (exact) mass is 522 g/mol. The van der Waals surface area contributed by atoms with Crippen LogP contribution in [0.25, 0.3) is 11.1 Å². The van der Waals surface area contributed by atoms with E-state index in [1.807, 2.05) is 33.8 Å². The summed E-state index contributed by atoms with van der Waals surface area (Å²) in [6.45, 7) is 8.62. The standard InChI is InChI=1S/C27H34N6O5/c1-15(22-19-12-18(31-25(28)36)5-6-20(19)32-24(22)35)21-11-16(13-29-21)14-30-23(34)17-7-9-33(10-8-17)26(37)38-27(2,3)4/h5-6,11-13,17,29H,7-10,14H2,1-4H3,(H,30,34)(H,32,35)(H3,28,31,36)/b22-15+. The van der Waals surface area contributed by atoms with Crippen LogP contribution in [0.15, 0.2) is 30.5 Å². The van der Waals surface area contributed by atoms with Crippen LogP contribution in [-0.2, 0) is 20.9 Å². The number of carbonyl (C=O) groups excluding carboxylic acids is 4. The van der Waals surface area contributed by atoms with Crippen LogP contribution in [0.1, 0.15) is 57.4 Å². The number of nitrogens with two attached hydrogens (primary N) is 1. The van der Waals surface area contributed by atoms with E-state index < -0.39 is 11.6 Å². The first-order valence-electron chi connectivity index (χ1n) is 12.6. The Kier molecular flexibility index (Phi) is 7.47. The van der Waals surface area contributed by atoms with E-state index in [1.165, 1.54) is 0 Å². The summed E-state index contributed by atoms with van der Waals surface area (Å²) in [5.41, 5.74) is 9.30. The summed E-state index contributed by atoms with van der Waals surface area (Å²) in [7, 11) is 0. The molecule has 38 heavy (non-hydrogen) atoms. The summed E-state index contributed by atoms with van der Waals surface area (Å²) >= 11 is 0. The van der Waals surface area contributed by atoms with Gasteiger partial charge in [-0.1, -0.05) is 0 Å². The summed E-state index contributed by atoms with van der Waals surface area (Å²) in [5, 5.41) is 8.35. The molecule has 1 saturated heterocycles. The first kappa shape index (κ1) is 26.8. The number of aromatic amines is 1. The summed E-state index contributed by atoms with van der Waals surface area (Å²) in [4.78, 5) is 53.8. The maximum Gasteiger partial charge on any atom is 0.410 e. The van der Waals surface area contributed by atoms with E-state index in [0.717, 1.165) is 16.8 Å². The summed E-state index contributed by atoms with van der Waals surface area (Å²) < 4.78 is 5.42. The molecule has 0 unspecified atom stereocenters. The highest BCUT2D eigenvalue weighted by molar-refractivity contribution is 6.36. The molecule has 202 valence electrons. The van der Waals surface area contributed by atoms with Crippen molar-refractivity contribution in [2.24, 2.45) is 11.7 Å². The number of allylic oxidation sites excluding steroid dienone is 1. The minimum Gasteiger partial charge on any atom is -0.444 e. The van der Waals surface area contributed by atoms with Gasteiger partial charge in [0, 0.05) is 54.4 Å². The van der Waals surface area contributed by atoms with Crippen molar-refractivity contribution >= 4 is 46.5 Å². The van der Waals surface area contributed by atoms with Crippen molar-refractivity contribution in [2.45, 2.75) is 52.7 Å². The third kappa shape index (κ3) is 6.16. The van der Waals surface area contributed by atoms with Crippen LogP contribution >= 0.6 is 0 Å². The summed E-state index contributed by atoms with van der Waals surface area (Å²) in [6, 6.07) is 6.29. The maximum absolute atomic E-state index is 12.8. The number of hydrogen-bond donors (Lipinski definition) is 5. The topological polar surface area (TPSA) is 159 Å². The Hall–Kier alpha value is -4.28. The highest BCUT2D eigenvalue weighted by atomic mass is 16.6. The van der Waals surface area contributed by atoms with Gasteiger partial charge in [0.2, 0.25) is 5.91 Å². The lowest BCUT2D eigenvalue weighted by Gasteiger charge is -2.32. The van der Waals surface area contributed by atoms with Crippen LogP contribution in [0.5, 0.6) is 0 Å². The molecular formula is C27H34N6O5. The van der Waals surface area contributed by atoms with Gasteiger partial charge < -0.3 is 36.3 Å². The second kappa shape index (κ2) is 10.6. The zero-order chi connectivity index (χ0) is 27.6. The van der Waals surface area contributed by atoms with E-state index >= 15 is 0 Å². The van der Waals surface area contributed by atoms with Crippen LogP contribution in [0, 0.1) is 5.92 Å². The minimum atomic E-state index is -0.686. The lowest BCUT2D eigenvalue weighted by molar-refractivity contribution is -0.126. The molecule has 11 heteroatoms. The van der Waals surface area contributed by atoms with Crippen molar-refractivity contribution < 1.29 is 23.9 Å². The molecule has 0 aliphatic carbocycles. The largest absolute Gasteiger partial charge is 0.444 e. The van der Waals surface area contributed by atoms with E-state index in [0.29, 0.717) is 55.0 Å². The Morgan fingerprint density at radius 2 is 1.87 bits per heavy atom. The van der Waals surface area contributed by atoms with E-state index in [-0.39, 0.29) is 23.8 Å². The number of anilines is 2. The molecule has 5 amide bonds. The van der Waals surface area contributed by atoms with Gasteiger partial charge in [-0.15, -0.1) is 0 Å². The van der Waals surface area contributed by atoms with Gasteiger partial charge in [0.15, 0.2) is 0 Å². The number of rotatable bonds is 5. The molecule has 2 aromatic rings. The minimum absolute atomic E-state index is 0.0507. The Morgan fingerprint density at radius 1 is 1.16 bits per heavy atom. The molecule has 0 bridgehead atoms. The normalized spacial score (nSPS) is 16.9. The molecule has 0 saturated carbocycles. The number of nitrogens with one attached hydrogen (secondary N) is 4. The number of urea groups is 1. The van der Waals surface area contributed by atoms with Crippen LogP contribution in [-0.4, -0.2) is 52.5 Å². The smallest absolute Gasteiger partial charge is 0.410 e. The first-order chi connectivity index (χ1) is 17.9. The number of fused-ring (bicyclic) bond motifs is 1. The van der Waals surface area contributed by atoms with E-state index in [4.69, 9.17) is 10.5 Å². The Balaban J connectivity index is 1.37. The number of piperidine rings is 1. The van der Waals surface area contributed by atoms with Gasteiger partial charge in [0.1, 0.15) is 5.60 Å². The Bertz CT molecular complexity index is 1300. The van der Waals surface area contributed by atoms with Crippen LogP contribution in [0.3, 0.4) is 0 Å². The number of aromatic nitrogens is 1. The molecular weight excluding hydrogens is 488 g/mol. The van der Waals surface area contributed by atoms with Crippen molar-refractivity contribution in [2.75, 3.05) is 23.7 Å². The fourth-order valence-electron chi connectivity index (χ4n) is 4.64. The van der Waals surface area contributed by atoms with Gasteiger partial charge in [0.25, 0.3) is 5.91 Å². The zero-order valence-corrected chi connectivity index (χ0v) is 22.1. The van der Waals surface area contributed by atoms with Gasteiger partial charge in [-0.3, -0.25) is 9.59 Å². The molecule has 0 spiro atoms. The van der Waals surface area contributed by atoms with Gasteiger partial charge >= 0.3 is 12.1 Å². The molecule has 2 aliphatic rings. The van der Waals surface area contributed by atoms with Crippen molar-refractivity contribution in [3.8, 4) is 0 Å². The predicted molar refractivity (Wildman–Crippen MR) is 144 cm³/mol. The van der Waals surface area contributed by atoms with Crippen molar-refractivity contribution in [3.63, 3.8) is 0 Å². The third-order valence-corrected chi connectivity index (χ3v) is 6.54. The fourth-order valence-corrected chi connectivity index (χ4v) is 4.64. The Morgan fingerprint density at radius 3 is 2.53 bits per heavy atom. The second-order valence-corrected chi connectivity index (χ2v) is 10.6. The molecule has 11 nitrogen and oxygen atoms in total. The molecule has 2 aliphatic heterocycles. The quantitative estimate of drug-likeness (QED) is 0.379. The molecule has 4 rings (SSSR count). The van der Waals surface area contributed by atoms with Gasteiger partial charge in [-0.25, -0.2) is 9.59 Å². The van der Waals surface area contributed by atoms with Crippen LogP contribution in [0.4, 0.5) is 21.0 Å². The molecule has 1 fully saturated rings. The number of nitrogens with zero attached hydrogens (tertiary/aromatic N) is 1. The second-order valence-electron chi connectivity index (χ2n) is 10.6. The number of ether oxygens (including phenoxy) is 1. The third-order valence-electron chi connectivity index (χ3n) is 6.54. The first-order valence-corrected chi connectivity index (χ1v) is 12.6. The average Bonchev–Trinajstić information content (AvgIpc) is 3.44. The molecule has 0 atom stereocenters. The van der Waals surface area contributed by atoms with Crippen molar-refractivity contribution in [1.82, 2.24) is 15.2 Å². The van der Waals surface area contributed by atoms with E-state index in [2.05, 4.69) is 20.9 Å². The molecule has 1 aromatic carbocycles. The van der Waals surface area contributed by atoms with Gasteiger partial charge in [-0.05, 0) is 75.9 Å². The van der Waals surface area contributed by atoms with E-state index in [9.17, 15) is 19.2 Å². The maximum atomic E-state index is 12.8. The highest BCUT2D eigenvalue weighted by Gasteiger charge is 2.30. The van der Waals surface area contributed by atoms with Gasteiger partial charge in [-0.2, -0.15) is 0 Å². The zero-order valence-electron chi connectivity index (χ0n) is 22.1. The Labute approximate surface area is 221 Å². The number of hydrogen-bond acceptors (Lipinski definition) is 5. The molecule has 3 heterocycles. The number of likely N-dealkylation sites (tertiary alicyclic amines) is 1. The molecule has 0 radical (unpaired) electrons. The lowest BCUT2D eigenvalue weighted by Crippen LogP contribution is -2.44. The van der Waals surface area contributed by atoms with Crippen LogP contribution < -0.4 is 21.7 Å². The summed E-state index contributed by atoms with van der Waals surface area (Å²) in [6.07, 6.45) is 2.61. The molecule has 1 aromatic heterocycles. The van der Waals surface area contributed by atoms with Crippen molar-refractivity contribution in [1.29, 1.82) is 0 Å². The number of benzene rings is 1. The SMILES string of the molecule is C/C(=C1\C(=O)Nc2ccc(NC(N)=O)cc21)c1cc(CNC(=O)C2CCN(C(=O)OC(C)(C)C)CC2)c[nH]1. The van der Waals surface area contributed by atoms with Crippen LogP contribution in [0.2, 0.25) is 0 Å². The number of H-pyrrole nitrogens is 1. The lowest BCUT2D eigenvalue weighted by atomic mass is 9.96. The van der Waals surface area contributed by atoms with E-state index in [1.54, 1.807) is 29.3 Å². The highest BCUT2D eigenvalue weighted by Crippen LogP contribution is 2.38.